The predicted molar refractivity (Wildman–Crippen MR) is 82.6 cm³/mol. The first-order valence-corrected chi connectivity index (χ1v) is 7.28. The molecule has 20 heavy (non-hydrogen) atoms. The standard InChI is InChI=1S/C15H19Cl2NO2/c1-14(2)7-9(15(3,4)20-14)13(19)8-5-10(16)12(18)11(17)6-8/h5-6,9H,7,18H2,1-4H3. The number of hydrogen-bond donors (Lipinski definition) is 1. The lowest BCUT2D eigenvalue weighted by Crippen LogP contribution is -2.33. The van der Waals surface area contributed by atoms with Gasteiger partial charge in [-0.05, 0) is 46.2 Å². The van der Waals surface area contributed by atoms with E-state index in [-0.39, 0.29) is 17.3 Å². The van der Waals surface area contributed by atoms with Gasteiger partial charge in [0.05, 0.1) is 32.9 Å². The second kappa shape index (κ2) is 4.90. The van der Waals surface area contributed by atoms with Crippen molar-refractivity contribution in [2.75, 3.05) is 5.73 Å². The largest absolute Gasteiger partial charge is 0.396 e. The molecule has 0 radical (unpaired) electrons. The second-order valence-corrected chi connectivity index (χ2v) is 7.25. The number of nitrogen functional groups attached to an aromatic ring is 1. The maximum absolute atomic E-state index is 12.7. The van der Waals surface area contributed by atoms with E-state index in [1.54, 1.807) is 12.1 Å². The van der Waals surface area contributed by atoms with E-state index in [9.17, 15) is 4.79 Å². The molecule has 1 aliphatic heterocycles. The van der Waals surface area contributed by atoms with Crippen molar-refractivity contribution in [1.29, 1.82) is 0 Å². The number of carbonyl (C=O) groups is 1. The van der Waals surface area contributed by atoms with Crippen molar-refractivity contribution in [2.24, 2.45) is 5.92 Å². The highest BCUT2D eigenvalue weighted by molar-refractivity contribution is 6.39. The molecule has 5 heteroatoms. The predicted octanol–water partition coefficient (Wildman–Crippen LogP) is 4.35. The number of carbonyl (C=O) groups excluding carboxylic acids is 1. The highest BCUT2D eigenvalue weighted by Crippen LogP contribution is 2.44. The lowest BCUT2D eigenvalue weighted by Gasteiger charge is -2.26. The Bertz CT molecular complexity index is 544. The third kappa shape index (κ3) is 2.80. The molecule has 110 valence electrons. The zero-order chi connectivity index (χ0) is 15.3. The maximum atomic E-state index is 12.7. The van der Waals surface area contributed by atoms with Crippen LogP contribution in [-0.2, 0) is 4.74 Å². The zero-order valence-corrected chi connectivity index (χ0v) is 13.6. The van der Waals surface area contributed by atoms with Crippen LogP contribution < -0.4 is 5.73 Å². The fourth-order valence-corrected chi connectivity index (χ4v) is 3.39. The highest BCUT2D eigenvalue weighted by atomic mass is 35.5. The van der Waals surface area contributed by atoms with E-state index < -0.39 is 5.60 Å². The molecule has 1 unspecified atom stereocenters. The number of Topliss-reactive ketones (excluding diaryl/α,β-unsaturated/α-hetero) is 1. The van der Waals surface area contributed by atoms with E-state index >= 15 is 0 Å². The molecule has 0 aliphatic carbocycles. The Morgan fingerprint density at radius 3 is 2.15 bits per heavy atom. The molecule has 1 aromatic rings. The first-order chi connectivity index (χ1) is 9.03. The average Bonchev–Trinajstić information content (AvgIpc) is 2.52. The number of hydrogen-bond acceptors (Lipinski definition) is 3. The Kier molecular flexibility index (Phi) is 3.83. The van der Waals surface area contributed by atoms with Crippen LogP contribution >= 0.6 is 23.2 Å². The highest BCUT2D eigenvalue weighted by Gasteiger charge is 2.49. The topological polar surface area (TPSA) is 52.3 Å². The molecule has 1 aromatic carbocycles. The number of ether oxygens (including phenoxy) is 1. The average molecular weight is 316 g/mol. The Hall–Kier alpha value is -0.770. The maximum Gasteiger partial charge on any atom is 0.169 e. The van der Waals surface area contributed by atoms with Crippen LogP contribution in [0.2, 0.25) is 10.0 Å². The van der Waals surface area contributed by atoms with Crippen molar-refractivity contribution in [3.8, 4) is 0 Å². The summed E-state index contributed by atoms with van der Waals surface area (Å²) in [6.07, 6.45) is 0.665. The minimum Gasteiger partial charge on any atom is -0.396 e. The number of halogens is 2. The van der Waals surface area contributed by atoms with Crippen LogP contribution in [-0.4, -0.2) is 17.0 Å². The number of rotatable bonds is 2. The third-order valence-corrected chi connectivity index (χ3v) is 4.38. The minimum atomic E-state index is -0.513. The molecule has 3 nitrogen and oxygen atoms in total. The molecule has 2 rings (SSSR count). The van der Waals surface area contributed by atoms with E-state index in [0.717, 1.165) is 0 Å². The van der Waals surface area contributed by atoms with Crippen LogP contribution in [0.4, 0.5) is 5.69 Å². The molecule has 0 aromatic heterocycles. The van der Waals surface area contributed by atoms with Crippen LogP contribution in [0.5, 0.6) is 0 Å². The van der Waals surface area contributed by atoms with Crippen molar-refractivity contribution in [3.63, 3.8) is 0 Å². The number of nitrogens with two attached hydrogens (primary N) is 1. The molecule has 0 bridgehead atoms. The molecule has 0 amide bonds. The van der Waals surface area contributed by atoms with Gasteiger partial charge in [0.25, 0.3) is 0 Å². The van der Waals surface area contributed by atoms with Gasteiger partial charge in [0, 0.05) is 5.56 Å². The van der Waals surface area contributed by atoms with E-state index in [1.165, 1.54) is 0 Å². The van der Waals surface area contributed by atoms with E-state index in [2.05, 4.69) is 0 Å². The van der Waals surface area contributed by atoms with Crippen molar-refractivity contribution >= 4 is 34.7 Å². The Morgan fingerprint density at radius 1 is 1.25 bits per heavy atom. The molecule has 1 atom stereocenters. The summed E-state index contributed by atoms with van der Waals surface area (Å²) in [4.78, 5) is 12.7. The summed E-state index contributed by atoms with van der Waals surface area (Å²) in [6.45, 7) is 7.85. The summed E-state index contributed by atoms with van der Waals surface area (Å²) in [5, 5.41) is 0.605. The van der Waals surface area contributed by atoms with E-state index in [1.807, 2.05) is 27.7 Å². The number of ketones is 1. The summed E-state index contributed by atoms with van der Waals surface area (Å²) < 4.78 is 5.96. The van der Waals surface area contributed by atoms with Crippen LogP contribution in [0.1, 0.15) is 44.5 Å². The van der Waals surface area contributed by atoms with Gasteiger partial charge in [-0.15, -0.1) is 0 Å². The molecule has 1 aliphatic rings. The molecule has 0 saturated carbocycles. The lowest BCUT2D eigenvalue weighted by atomic mass is 9.81. The van der Waals surface area contributed by atoms with Gasteiger partial charge in [0.15, 0.2) is 5.78 Å². The zero-order valence-electron chi connectivity index (χ0n) is 12.1. The van der Waals surface area contributed by atoms with Gasteiger partial charge >= 0.3 is 0 Å². The number of benzene rings is 1. The Morgan fingerprint density at radius 2 is 1.75 bits per heavy atom. The van der Waals surface area contributed by atoms with Gasteiger partial charge in [-0.2, -0.15) is 0 Å². The van der Waals surface area contributed by atoms with E-state index in [0.29, 0.717) is 27.7 Å². The van der Waals surface area contributed by atoms with Crippen molar-refractivity contribution in [3.05, 3.63) is 27.7 Å². The fourth-order valence-electron chi connectivity index (χ4n) is 2.90. The first kappa shape index (κ1) is 15.6. The fraction of sp³-hybridized carbons (Fsp3) is 0.533. The molecule has 1 heterocycles. The van der Waals surface area contributed by atoms with Crippen molar-refractivity contribution < 1.29 is 9.53 Å². The Balaban J connectivity index is 2.37. The molecular weight excluding hydrogens is 297 g/mol. The monoisotopic (exact) mass is 315 g/mol. The Labute approximate surface area is 129 Å². The molecule has 2 N–H and O–H groups in total. The third-order valence-electron chi connectivity index (χ3n) is 3.75. The molecular formula is C15H19Cl2NO2. The summed E-state index contributed by atoms with van der Waals surface area (Å²) >= 11 is 12.0. The van der Waals surface area contributed by atoms with Crippen LogP contribution in [0.25, 0.3) is 0 Å². The second-order valence-electron chi connectivity index (χ2n) is 6.44. The molecule has 0 spiro atoms. The van der Waals surface area contributed by atoms with Crippen LogP contribution in [0, 0.1) is 5.92 Å². The van der Waals surface area contributed by atoms with Crippen molar-refractivity contribution in [2.45, 2.75) is 45.3 Å². The number of anilines is 1. The molecule has 1 saturated heterocycles. The first-order valence-electron chi connectivity index (χ1n) is 6.52. The van der Waals surface area contributed by atoms with Gasteiger partial charge in [-0.25, -0.2) is 0 Å². The van der Waals surface area contributed by atoms with Gasteiger partial charge in [-0.1, -0.05) is 23.2 Å². The lowest BCUT2D eigenvalue weighted by molar-refractivity contribution is -0.0712. The quantitative estimate of drug-likeness (QED) is 0.652. The van der Waals surface area contributed by atoms with Gasteiger partial charge in [0.1, 0.15) is 0 Å². The molecule has 1 fully saturated rings. The summed E-state index contributed by atoms with van der Waals surface area (Å²) in [5.74, 6) is -0.238. The summed E-state index contributed by atoms with van der Waals surface area (Å²) in [6, 6.07) is 3.15. The van der Waals surface area contributed by atoms with Crippen LogP contribution in [0.15, 0.2) is 12.1 Å². The minimum absolute atomic E-state index is 0.00984. The van der Waals surface area contributed by atoms with Gasteiger partial charge in [0.2, 0.25) is 0 Å². The van der Waals surface area contributed by atoms with E-state index in [4.69, 9.17) is 33.7 Å². The van der Waals surface area contributed by atoms with Gasteiger partial charge < -0.3 is 10.5 Å². The SMILES string of the molecule is CC1(C)CC(C(=O)c2cc(Cl)c(N)c(Cl)c2)C(C)(C)O1. The van der Waals surface area contributed by atoms with Crippen molar-refractivity contribution in [1.82, 2.24) is 0 Å². The normalized spacial score (nSPS) is 23.8. The smallest absolute Gasteiger partial charge is 0.169 e. The van der Waals surface area contributed by atoms with Gasteiger partial charge in [-0.3, -0.25) is 4.79 Å². The summed E-state index contributed by atoms with van der Waals surface area (Å²) in [7, 11) is 0. The summed E-state index contributed by atoms with van der Waals surface area (Å²) in [5.41, 5.74) is 5.65. The van der Waals surface area contributed by atoms with Crippen LogP contribution in [0.3, 0.4) is 0 Å².